The second kappa shape index (κ2) is 9.61. The average Bonchev–Trinajstić information content (AvgIpc) is 3.34. The van der Waals surface area contributed by atoms with E-state index in [2.05, 4.69) is 57.3 Å². The Balaban J connectivity index is 1.33. The average molecular weight is 520 g/mol. The van der Waals surface area contributed by atoms with E-state index in [1.54, 1.807) is 0 Å². The SMILES string of the molecule is Cc1cnc(N[C@H]2CC3CCN(CC3)C2)nc1-c1cn(-c2ccccc2)c2nc(-c3c(C)noc3C)ccc12. The molecule has 8 heteroatoms. The smallest absolute Gasteiger partial charge is 0.223 e. The lowest BCUT2D eigenvalue weighted by molar-refractivity contribution is 0.223. The molecule has 1 atom stereocenters. The molecule has 39 heavy (non-hydrogen) atoms. The quantitative estimate of drug-likeness (QED) is 0.307. The number of fused-ring (bicyclic) bond motifs is 5. The summed E-state index contributed by atoms with van der Waals surface area (Å²) < 4.78 is 7.59. The fourth-order valence-electron chi connectivity index (χ4n) is 6.33. The first-order valence-electron chi connectivity index (χ1n) is 13.9. The highest BCUT2D eigenvalue weighted by Gasteiger charge is 2.29. The molecular weight excluding hydrogens is 486 g/mol. The van der Waals surface area contributed by atoms with Crippen LogP contribution >= 0.6 is 0 Å². The largest absolute Gasteiger partial charge is 0.361 e. The minimum absolute atomic E-state index is 0.375. The van der Waals surface area contributed by atoms with E-state index >= 15 is 0 Å². The molecule has 0 saturated carbocycles. The van der Waals surface area contributed by atoms with Crippen molar-refractivity contribution < 1.29 is 4.52 Å². The number of anilines is 1. The number of piperidine rings is 1. The molecule has 2 bridgehead atoms. The predicted molar refractivity (Wildman–Crippen MR) is 153 cm³/mol. The van der Waals surface area contributed by atoms with Crippen molar-refractivity contribution in [3.63, 3.8) is 0 Å². The summed E-state index contributed by atoms with van der Waals surface area (Å²) in [5.74, 6) is 2.26. The van der Waals surface area contributed by atoms with Gasteiger partial charge in [0, 0.05) is 41.6 Å². The van der Waals surface area contributed by atoms with Gasteiger partial charge in [-0.25, -0.2) is 15.0 Å². The van der Waals surface area contributed by atoms with E-state index in [0.29, 0.717) is 12.0 Å². The molecule has 3 aliphatic rings. The van der Waals surface area contributed by atoms with E-state index in [9.17, 15) is 0 Å². The van der Waals surface area contributed by atoms with Gasteiger partial charge in [0.15, 0.2) is 0 Å². The van der Waals surface area contributed by atoms with Gasteiger partial charge in [0.2, 0.25) is 5.95 Å². The summed E-state index contributed by atoms with van der Waals surface area (Å²) in [6.45, 7) is 9.45. The van der Waals surface area contributed by atoms with Gasteiger partial charge in [0.1, 0.15) is 11.4 Å². The van der Waals surface area contributed by atoms with Crippen LogP contribution in [0.4, 0.5) is 5.95 Å². The summed E-state index contributed by atoms with van der Waals surface area (Å²) in [7, 11) is 0. The summed E-state index contributed by atoms with van der Waals surface area (Å²) in [4.78, 5) is 17.5. The van der Waals surface area contributed by atoms with Crippen molar-refractivity contribution in [3.8, 4) is 28.2 Å². The van der Waals surface area contributed by atoms with E-state index in [-0.39, 0.29) is 0 Å². The van der Waals surface area contributed by atoms with Crippen LogP contribution in [-0.2, 0) is 0 Å². The van der Waals surface area contributed by atoms with Gasteiger partial charge < -0.3 is 19.3 Å². The minimum atomic E-state index is 0.375. The van der Waals surface area contributed by atoms with Crippen LogP contribution in [0.15, 0.2) is 59.4 Å². The van der Waals surface area contributed by atoms with E-state index in [0.717, 1.165) is 68.7 Å². The zero-order valence-electron chi connectivity index (χ0n) is 22.7. The Bertz CT molecular complexity index is 1610. The lowest BCUT2D eigenvalue weighted by atomic mass is 9.94. The van der Waals surface area contributed by atoms with Gasteiger partial charge in [-0.15, -0.1) is 0 Å². The molecule has 3 fully saturated rings. The molecule has 8 nitrogen and oxygen atoms in total. The highest BCUT2D eigenvalue weighted by molar-refractivity contribution is 5.96. The molecule has 0 spiro atoms. The van der Waals surface area contributed by atoms with Gasteiger partial charge >= 0.3 is 0 Å². The number of pyridine rings is 1. The topological polar surface area (TPSA) is 84.9 Å². The zero-order chi connectivity index (χ0) is 26.5. The first-order valence-corrected chi connectivity index (χ1v) is 13.9. The van der Waals surface area contributed by atoms with Crippen molar-refractivity contribution in [2.24, 2.45) is 5.92 Å². The number of hydrogen-bond acceptors (Lipinski definition) is 7. The lowest BCUT2D eigenvalue weighted by Gasteiger charge is -2.26. The van der Waals surface area contributed by atoms with Crippen LogP contribution < -0.4 is 5.32 Å². The van der Waals surface area contributed by atoms with Gasteiger partial charge in [-0.1, -0.05) is 23.4 Å². The second-order valence-corrected chi connectivity index (χ2v) is 11.1. The monoisotopic (exact) mass is 519 g/mol. The summed E-state index contributed by atoms with van der Waals surface area (Å²) in [5.41, 5.74) is 7.54. The third kappa shape index (κ3) is 4.38. The normalized spacial score (nSPS) is 20.8. The van der Waals surface area contributed by atoms with Gasteiger partial charge in [-0.05, 0) is 88.9 Å². The molecule has 3 saturated heterocycles. The molecule has 3 aliphatic heterocycles. The Labute approximate surface area is 228 Å². The summed E-state index contributed by atoms with van der Waals surface area (Å²) in [6.07, 6.45) is 7.89. The van der Waals surface area contributed by atoms with Crippen LogP contribution in [0.25, 0.3) is 39.2 Å². The highest BCUT2D eigenvalue weighted by atomic mass is 16.5. The van der Waals surface area contributed by atoms with Gasteiger partial charge in [-0.2, -0.15) is 0 Å². The number of nitrogens with zero attached hydrogens (tertiary/aromatic N) is 6. The van der Waals surface area contributed by atoms with Crippen LogP contribution in [0, 0.1) is 26.7 Å². The predicted octanol–water partition coefficient (Wildman–Crippen LogP) is 5.96. The second-order valence-electron chi connectivity index (χ2n) is 11.1. The standard InChI is InChI=1S/C31H33N7O/c1-19-16-32-31(33-23-15-22-11-13-37(17-23)14-12-22)35-29(19)26-18-38(24-7-5-4-6-8-24)30-25(26)9-10-27(34-30)28-20(2)36-39-21(28)3/h4-10,16,18,22-23H,11-15,17H2,1-3H3,(H,32,33,35)/t23-/m0/s1. The fraction of sp³-hybridized carbons (Fsp3) is 0.355. The minimum Gasteiger partial charge on any atom is -0.361 e. The van der Waals surface area contributed by atoms with Crippen molar-refractivity contribution in [3.05, 3.63) is 71.9 Å². The van der Waals surface area contributed by atoms with Gasteiger partial charge in [-0.3, -0.25) is 0 Å². The molecule has 5 aromatic rings. The molecule has 1 N–H and O–H groups in total. The van der Waals surface area contributed by atoms with Gasteiger partial charge in [0.25, 0.3) is 0 Å². The molecule has 0 aliphatic carbocycles. The number of hydrogen-bond donors (Lipinski definition) is 1. The van der Waals surface area contributed by atoms with Crippen molar-refractivity contribution in [2.45, 2.75) is 46.1 Å². The Kier molecular flexibility index (Phi) is 5.92. The first-order chi connectivity index (χ1) is 19.0. The highest BCUT2D eigenvalue weighted by Crippen LogP contribution is 2.36. The maximum atomic E-state index is 5.44. The molecule has 198 valence electrons. The van der Waals surface area contributed by atoms with Crippen molar-refractivity contribution >= 4 is 17.0 Å². The van der Waals surface area contributed by atoms with Gasteiger partial charge in [0.05, 0.1) is 22.6 Å². The van der Waals surface area contributed by atoms with Crippen molar-refractivity contribution in [1.29, 1.82) is 0 Å². The molecule has 8 rings (SSSR count). The lowest BCUT2D eigenvalue weighted by Crippen LogP contribution is -2.35. The Morgan fingerprint density at radius 3 is 2.56 bits per heavy atom. The fourth-order valence-corrected chi connectivity index (χ4v) is 6.33. The number of aryl methyl sites for hydroxylation is 3. The van der Waals surface area contributed by atoms with Crippen LogP contribution in [0.1, 0.15) is 36.3 Å². The molecule has 0 radical (unpaired) electrons. The molecule has 4 aromatic heterocycles. The number of aromatic nitrogens is 5. The number of para-hydroxylation sites is 1. The number of rotatable bonds is 5. The number of benzene rings is 1. The van der Waals surface area contributed by atoms with Crippen molar-refractivity contribution in [1.82, 2.24) is 29.6 Å². The van der Waals surface area contributed by atoms with E-state index in [1.807, 2.05) is 38.2 Å². The molecule has 1 aromatic carbocycles. The van der Waals surface area contributed by atoms with Crippen LogP contribution in [0.5, 0.6) is 0 Å². The van der Waals surface area contributed by atoms with E-state index in [1.165, 1.54) is 32.4 Å². The maximum Gasteiger partial charge on any atom is 0.223 e. The third-order valence-corrected chi connectivity index (χ3v) is 8.34. The Morgan fingerprint density at radius 2 is 1.79 bits per heavy atom. The molecule has 0 unspecified atom stereocenters. The Hall–Kier alpha value is -4.04. The van der Waals surface area contributed by atoms with Crippen molar-refractivity contribution in [2.75, 3.05) is 25.0 Å². The molecule has 0 amide bonds. The van der Waals surface area contributed by atoms with Crippen LogP contribution in [0.3, 0.4) is 0 Å². The summed E-state index contributed by atoms with van der Waals surface area (Å²) in [6, 6.07) is 14.9. The molecular formula is C31H33N7O. The first kappa shape index (κ1) is 24.0. The number of nitrogens with one attached hydrogen (secondary N) is 1. The molecule has 7 heterocycles. The van der Waals surface area contributed by atoms with E-state index < -0.39 is 0 Å². The zero-order valence-corrected chi connectivity index (χ0v) is 22.7. The summed E-state index contributed by atoms with van der Waals surface area (Å²) >= 11 is 0. The van der Waals surface area contributed by atoms with Crippen LogP contribution in [-0.4, -0.2) is 55.3 Å². The van der Waals surface area contributed by atoms with Crippen LogP contribution in [0.2, 0.25) is 0 Å². The third-order valence-electron chi connectivity index (χ3n) is 8.34. The van der Waals surface area contributed by atoms with E-state index in [4.69, 9.17) is 19.5 Å². The Morgan fingerprint density at radius 1 is 0.974 bits per heavy atom. The maximum absolute atomic E-state index is 5.44. The summed E-state index contributed by atoms with van der Waals surface area (Å²) in [5, 5.41) is 8.87.